The third-order valence-electron chi connectivity index (χ3n) is 11.2. The number of Topliss-reactive ketones (excluding diaryl/α,β-unsaturated/α-hetero) is 1. The molecule has 2 saturated heterocycles. The highest BCUT2D eigenvalue weighted by Gasteiger charge is 2.53. The number of phenols is 1. The van der Waals surface area contributed by atoms with Gasteiger partial charge in [0.1, 0.15) is 61.7 Å². The first-order valence-corrected chi connectivity index (χ1v) is 21.0. The summed E-state index contributed by atoms with van der Waals surface area (Å²) in [5.41, 5.74) is 14.2. The van der Waals surface area contributed by atoms with Crippen LogP contribution in [0.2, 0.25) is 0 Å². The van der Waals surface area contributed by atoms with E-state index < -0.39 is 96.7 Å². The molecule has 0 unspecified atom stereocenters. The number of anilines is 3. The van der Waals surface area contributed by atoms with E-state index in [9.17, 15) is 59.7 Å². The van der Waals surface area contributed by atoms with Crippen LogP contribution in [0, 0.1) is 0 Å². The highest BCUT2D eigenvalue weighted by atomic mass is 16.7. The van der Waals surface area contributed by atoms with Crippen molar-refractivity contribution in [3.05, 3.63) is 71.1 Å². The smallest absolute Gasteiger partial charge is 0.326 e. The van der Waals surface area contributed by atoms with E-state index in [-0.39, 0.29) is 54.0 Å². The second-order valence-electron chi connectivity index (χ2n) is 16.2. The lowest BCUT2D eigenvalue weighted by molar-refractivity contribution is -0.155. The van der Waals surface area contributed by atoms with Gasteiger partial charge >= 0.3 is 11.9 Å². The number of amides is 2. The average molecular weight is 966 g/mol. The van der Waals surface area contributed by atoms with Gasteiger partial charge in [-0.15, -0.1) is 0 Å². The van der Waals surface area contributed by atoms with Crippen molar-refractivity contribution in [3.8, 4) is 11.5 Å². The molecule has 69 heavy (non-hydrogen) atoms. The van der Waals surface area contributed by atoms with E-state index in [4.69, 9.17) is 35.5 Å². The van der Waals surface area contributed by atoms with Crippen LogP contribution in [-0.2, 0) is 39.9 Å². The third-order valence-corrected chi connectivity index (χ3v) is 11.2. The Morgan fingerprint density at radius 3 is 2.20 bits per heavy atom. The highest BCUT2D eigenvalue weighted by molar-refractivity contribution is 5.98. The average Bonchev–Trinajstić information content (AvgIpc) is 3.91. The predicted octanol–water partition coefficient (Wildman–Crippen LogP) is -2.20. The fraction of sp³-hybridized carbons (Fsp3) is 0.419. The molecule has 1 aliphatic carbocycles. The summed E-state index contributed by atoms with van der Waals surface area (Å²) in [6, 6.07) is 8.06. The van der Waals surface area contributed by atoms with Gasteiger partial charge in [-0.25, -0.2) is 14.8 Å². The minimum atomic E-state index is -1.51. The summed E-state index contributed by atoms with van der Waals surface area (Å²) < 4.78 is 21.1. The van der Waals surface area contributed by atoms with Gasteiger partial charge in [0.2, 0.25) is 18.1 Å². The van der Waals surface area contributed by atoms with Crippen molar-refractivity contribution >= 4 is 64.2 Å². The molecule has 26 heteroatoms. The number of carbonyl (C=O) groups is 5. The number of nitrogens with two attached hydrogens (primary N) is 2. The Bertz CT molecular complexity index is 2590. The number of carbonyl (C=O) groups excluding carboxylic acids is 3. The summed E-state index contributed by atoms with van der Waals surface area (Å²) in [6.07, 6.45) is -9.22. The van der Waals surface area contributed by atoms with Crippen molar-refractivity contribution in [2.45, 2.75) is 100 Å². The van der Waals surface area contributed by atoms with E-state index in [2.05, 4.69) is 30.6 Å². The maximum Gasteiger partial charge on any atom is 0.326 e. The number of phenolic OH excluding ortho intramolecular Hbond substituents is 1. The number of aromatic hydroxyl groups is 1. The first kappa shape index (κ1) is 51.2. The van der Waals surface area contributed by atoms with Gasteiger partial charge in [-0.2, -0.15) is 9.97 Å². The molecular weight excluding hydrogens is 915 g/mol. The van der Waals surface area contributed by atoms with Crippen LogP contribution in [0.5, 0.6) is 11.5 Å². The molecule has 11 atom stereocenters. The number of benzene rings is 2. The van der Waals surface area contributed by atoms with E-state index >= 15 is 0 Å². The van der Waals surface area contributed by atoms with Crippen LogP contribution in [-0.4, -0.2) is 171 Å². The number of hydrogen-bond donors (Lipinski definition) is 12. The number of rotatable bonds is 15. The minimum Gasteiger partial charge on any atom is -0.504 e. The van der Waals surface area contributed by atoms with Gasteiger partial charge in [-0.05, 0) is 68.3 Å². The zero-order chi connectivity index (χ0) is 50.4. The fourth-order valence-electron chi connectivity index (χ4n) is 7.49. The SMILES string of the molecule is CC(=O)[C@H]1O[C@@H](Oc2ccc(/C=C(\C)C(=O)N[C@H]3[C@@H](O)[C@H](O)[C@@H]4OCO[C@@H]4[C@H]3O)cc2O)[C@@H](O)[C@@H]1O.CN(Cc1cnc2nc(N)nc(N)c2n1)c1ccc(C(=O)N[C@@H](CCC(=O)O)C(=O)O)cc1. The fourth-order valence-corrected chi connectivity index (χ4v) is 7.49. The first-order valence-electron chi connectivity index (χ1n) is 21.0. The number of aliphatic hydroxyl groups is 5. The van der Waals surface area contributed by atoms with E-state index in [0.29, 0.717) is 29.0 Å². The lowest BCUT2D eigenvalue weighted by atomic mass is 9.83. The zero-order valence-electron chi connectivity index (χ0n) is 37.0. The van der Waals surface area contributed by atoms with E-state index in [1.807, 2.05) is 11.9 Å². The minimum absolute atomic E-state index is 0.0138. The molecule has 0 radical (unpaired) electrons. The maximum absolute atomic E-state index is 12.7. The van der Waals surface area contributed by atoms with Crippen LogP contribution >= 0.6 is 0 Å². The Kier molecular flexibility index (Phi) is 16.2. The molecule has 2 amide bonds. The Hall–Kier alpha value is -7.17. The maximum atomic E-state index is 12.7. The highest BCUT2D eigenvalue weighted by Crippen LogP contribution is 2.33. The van der Waals surface area contributed by atoms with Crippen molar-refractivity contribution < 1.29 is 83.8 Å². The van der Waals surface area contributed by atoms with E-state index in [0.717, 1.165) is 5.69 Å². The molecule has 2 aliphatic heterocycles. The van der Waals surface area contributed by atoms with Gasteiger partial charge in [0.05, 0.1) is 24.5 Å². The van der Waals surface area contributed by atoms with Crippen LogP contribution < -0.4 is 31.7 Å². The number of fused-ring (bicyclic) bond motifs is 2. The predicted molar refractivity (Wildman–Crippen MR) is 237 cm³/mol. The molecule has 2 aromatic carbocycles. The summed E-state index contributed by atoms with van der Waals surface area (Å²) in [6.45, 7) is 2.89. The number of nitrogens with one attached hydrogen (secondary N) is 2. The Morgan fingerprint density at radius 2 is 1.58 bits per heavy atom. The molecule has 2 aromatic heterocycles. The molecule has 4 heterocycles. The molecule has 0 bridgehead atoms. The quantitative estimate of drug-likeness (QED) is 0.0563. The third kappa shape index (κ3) is 12.1. The van der Waals surface area contributed by atoms with Crippen molar-refractivity contribution in [1.29, 1.82) is 0 Å². The Labute approximate surface area is 391 Å². The number of hydrogen-bond acceptors (Lipinski definition) is 22. The van der Waals surface area contributed by atoms with Crippen LogP contribution in [0.15, 0.2) is 54.2 Å². The molecule has 1 saturated carbocycles. The first-order chi connectivity index (χ1) is 32.6. The topological polar surface area (TPSA) is 415 Å². The number of ketones is 1. The zero-order valence-corrected chi connectivity index (χ0v) is 37.0. The van der Waals surface area contributed by atoms with Crippen LogP contribution in [0.25, 0.3) is 17.2 Å². The number of aliphatic hydroxyl groups excluding tert-OH is 5. The molecule has 370 valence electrons. The van der Waals surface area contributed by atoms with Gasteiger partial charge in [0, 0.05) is 30.3 Å². The lowest BCUT2D eigenvalue weighted by Crippen LogP contribution is -2.67. The van der Waals surface area contributed by atoms with Crippen molar-refractivity contribution in [3.63, 3.8) is 0 Å². The van der Waals surface area contributed by atoms with Gasteiger partial charge in [-0.1, -0.05) is 6.07 Å². The lowest BCUT2D eigenvalue weighted by Gasteiger charge is -2.41. The van der Waals surface area contributed by atoms with Gasteiger partial charge in [0.15, 0.2) is 34.3 Å². The number of carboxylic acids is 2. The molecule has 7 rings (SSSR count). The molecular formula is C43H51N9O17. The second kappa shape index (κ2) is 21.8. The summed E-state index contributed by atoms with van der Waals surface area (Å²) in [7, 11) is 1.82. The van der Waals surface area contributed by atoms with Crippen LogP contribution in [0.3, 0.4) is 0 Å². The monoisotopic (exact) mass is 965 g/mol. The normalized spacial score (nSPS) is 25.7. The molecule has 3 fully saturated rings. The molecule has 26 nitrogen and oxygen atoms in total. The van der Waals surface area contributed by atoms with E-state index in [1.165, 1.54) is 50.3 Å². The van der Waals surface area contributed by atoms with Crippen molar-refractivity contribution in [2.75, 3.05) is 30.2 Å². The van der Waals surface area contributed by atoms with Crippen molar-refractivity contribution in [1.82, 2.24) is 30.6 Å². The molecule has 4 aromatic rings. The second-order valence-corrected chi connectivity index (χ2v) is 16.2. The largest absolute Gasteiger partial charge is 0.504 e. The number of aliphatic carboxylic acids is 2. The summed E-state index contributed by atoms with van der Waals surface area (Å²) >= 11 is 0. The molecule has 0 spiro atoms. The number of nitrogen functional groups attached to an aromatic ring is 2. The number of aromatic nitrogens is 4. The summed E-state index contributed by atoms with van der Waals surface area (Å²) in [4.78, 5) is 76.9. The Balaban J connectivity index is 0.000000228. The van der Waals surface area contributed by atoms with Crippen molar-refractivity contribution in [2.24, 2.45) is 0 Å². The van der Waals surface area contributed by atoms with E-state index in [1.54, 1.807) is 18.3 Å². The number of nitrogens with zero attached hydrogens (tertiary/aromatic N) is 5. The van der Waals surface area contributed by atoms with Gasteiger partial charge in [0.25, 0.3) is 5.91 Å². The van der Waals surface area contributed by atoms with Crippen LogP contribution in [0.1, 0.15) is 48.3 Å². The number of carboxylic acid groups (broad SMARTS) is 2. The molecule has 3 aliphatic rings. The molecule has 14 N–H and O–H groups in total. The summed E-state index contributed by atoms with van der Waals surface area (Å²) in [5.74, 6) is -4.49. The Morgan fingerprint density at radius 1 is 0.899 bits per heavy atom. The van der Waals surface area contributed by atoms with Gasteiger partial charge < -0.3 is 86.8 Å². The number of ether oxygens (including phenoxy) is 4. The standard InChI is InChI=1S/C23H29NO12.C20H22N8O5/c1-8(22(32)24-13-14(27)16(29)21-20(15(13)28)33-7-34-21)5-10-3-4-12(11(26)6-10)35-23-18(31)17(30)19(36-23)9(2)25;1-28(9-11-8-23-17-15(24-11)16(21)26-20(22)27-17)12-4-2-10(3-5-12)18(31)25-13(19(32)33)6-7-14(29)30/h3-6,13-21,23,26-31H,7H2,1-2H3,(H,24,32);2-5,8,13H,6-7,9H2,1H3,(H,25,31)(H,29,30)(H,32,33)(H4,21,22,23,26,27)/b8-5+;/t13-,14+,15-,16-,17-,18-,19+,20+,21-,23+;13-/m00/s1. The van der Waals surface area contributed by atoms with Gasteiger partial charge in [-0.3, -0.25) is 19.2 Å². The van der Waals surface area contributed by atoms with Crippen LogP contribution in [0.4, 0.5) is 17.5 Å². The summed E-state index contributed by atoms with van der Waals surface area (Å²) in [5, 5.41) is 84.1.